The van der Waals surface area contributed by atoms with Gasteiger partial charge in [0.2, 0.25) is 0 Å². The second-order valence-electron chi connectivity index (χ2n) is 5.24. The van der Waals surface area contributed by atoms with Crippen molar-refractivity contribution in [3.63, 3.8) is 0 Å². The van der Waals surface area contributed by atoms with Crippen molar-refractivity contribution < 1.29 is 27.5 Å². The maximum absolute atomic E-state index is 13.0. The zero-order valence-corrected chi connectivity index (χ0v) is 14.3. The molecule has 0 atom stereocenters. The summed E-state index contributed by atoms with van der Waals surface area (Å²) in [7, 11) is 0. The first-order valence-electron chi connectivity index (χ1n) is 7.39. The highest BCUT2D eigenvalue weighted by atomic mass is 32.1. The fraction of sp³-hybridized carbons (Fsp3) is 0.125. The Labute approximate surface area is 154 Å². The van der Waals surface area contributed by atoms with Crippen LogP contribution in [0.4, 0.5) is 13.2 Å². The van der Waals surface area contributed by atoms with E-state index in [2.05, 4.69) is 14.8 Å². The minimum atomic E-state index is -4.54. The van der Waals surface area contributed by atoms with Crippen LogP contribution in [0.2, 0.25) is 0 Å². The molecule has 7 nitrogen and oxygen atoms in total. The van der Waals surface area contributed by atoms with E-state index in [1.165, 1.54) is 23.5 Å². The molecule has 0 spiro atoms. The van der Waals surface area contributed by atoms with Crippen LogP contribution >= 0.6 is 11.3 Å². The zero-order valence-electron chi connectivity index (χ0n) is 13.4. The summed E-state index contributed by atoms with van der Waals surface area (Å²) in [5, 5.41) is 5.70. The lowest BCUT2D eigenvalue weighted by Gasteiger charge is -2.09. The molecule has 3 aromatic rings. The van der Waals surface area contributed by atoms with Gasteiger partial charge < -0.3 is 10.5 Å². The average molecular weight is 396 g/mol. The third-order valence-corrected chi connectivity index (χ3v) is 4.16. The Morgan fingerprint density at radius 1 is 1.22 bits per heavy atom. The number of hydrogen-bond acceptors (Lipinski definition) is 6. The molecule has 2 N–H and O–H groups in total. The number of alkyl halides is 3. The van der Waals surface area contributed by atoms with Gasteiger partial charge in [0, 0.05) is 0 Å². The number of primary amides is 1. The maximum atomic E-state index is 13.0. The molecule has 0 saturated heterocycles. The summed E-state index contributed by atoms with van der Waals surface area (Å²) in [6.07, 6.45) is -4.54. The molecule has 0 saturated carbocycles. The molecule has 11 heteroatoms. The third-order valence-electron chi connectivity index (χ3n) is 3.29. The van der Waals surface area contributed by atoms with E-state index >= 15 is 0 Å². The molecule has 140 valence electrons. The molecule has 27 heavy (non-hydrogen) atoms. The Balaban J connectivity index is 2.06. The predicted octanol–water partition coefficient (Wildman–Crippen LogP) is 2.66. The summed E-state index contributed by atoms with van der Waals surface area (Å²) in [6.45, 7) is -0.661. The number of benzene rings is 1. The van der Waals surface area contributed by atoms with E-state index in [1.807, 2.05) is 0 Å². The summed E-state index contributed by atoms with van der Waals surface area (Å²) in [6, 6.07) is 7.84. The number of ether oxygens (including phenoxy) is 1. The molecule has 0 bridgehead atoms. The van der Waals surface area contributed by atoms with E-state index in [0.29, 0.717) is 4.88 Å². The van der Waals surface area contributed by atoms with Gasteiger partial charge in [0.05, 0.1) is 16.1 Å². The Morgan fingerprint density at radius 2 is 2.00 bits per heavy atom. The van der Waals surface area contributed by atoms with Crippen molar-refractivity contribution in [2.75, 3.05) is 6.61 Å². The molecular formula is C16H11F3N4O3S. The van der Waals surface area contributed by atoms with Gasteiger partial charge in [-0.25, -0.2) is 9.48 Å². The molecule has 1 aromatic carbocycles. The summed E-state index contributed by atoms with van der Waals surface area (Å²) in [5.74, 6) is -2.12. The van der Waals surface area contributed by atoms with Crippen molar-refractivity contribution in [1.82, 2.24) is 14.8 Å². The lowest BCUT2D eigenvalue weighted by molar-refractivity contribution is -0.137. The van der Waals surface area contributed by atoms with E-state index in [0.717, 1.165) is 16.8 Å². The number of amides is 1. The lowest BCUT2D eigenvalue weighted by atomic mass is 10.2. The van der Waals surface area contributed by atoms with Crippen molar-refractivity contribution in [3.05, 3.63) is 53.2 Å². The van der Waals surface area contributed by atoms with E-state index in [9.17, 15) is 22.8 Å². The van der Waals surface area contributed by atoms with Crippen LogP contribution in [0.1, 0.15) is 16.2 Å². The molecule has 0 unspecified atom stereocenters. The number of carbonyl (C=O) groups is 2. The molecule has 0 aliphatic carbocycles. The first-order valence-corrected chi connectivity index (χ1v) is 8.27. The number of esters is 1. The largest absolute Gasteiger partial charge is 0.450 e. The molecular weight excluding hydrogens is 385 g/mol. The molecule has 0 fully saturated rings. The minimum absolute atomic E-state index is 0.0645. The number of halogens is 3. The summed E-state index contributed by atoms with van der Waals surface area (Å²) >= 11 is 1.27. The quantitative estimate of drug-likeness (QED) is 0.669. The highest BCUT2D eigenvalue weighted by molar-refractivity contribution is 7.13. The Kier molecular flexibility index (Phi) is 4.95. The number of thiophene rings is 1. The smallest absolute Gasteiger partial charge is 0.416 e. The van der Waals surface area contributed by atoms with Crippen LogP contribution in [0.3, 0.4) is 0 Å². The Morgan fingerprint density at radius 3 is 2.63 bits per heavy atom. The van der Waals surface area contributed by atoms with Crippen LogP contribution in [0.15, 0.2) is 41.8 Å². The number of rotatable bonds is 5. The number of nitrogens with two attached hydrogens (primary N) is 1. The van der Waals surface area contributed by atoms with Gasteiger partial charge in [-0.3, -0.25) is 4.79 Å². The molecule has 0 aliphatic heterocycles. The van der Waals surface area contributed by atoms with Crippen LogP contribution in [-0.4, -0.2) is 33.2 Å². The van der Waals surface area contributed by atoms with Crippen LogP contribution in [0.25, 0.3) is 16.4 Å². The SMILES string of the molecule is NC(=O)COC(=O)c1nc(-c2cccs2)n(-c2cccc(C(F)(F)F)c2)n1. The number of nitrogens with zero attached hydrogens (tertiary/aromatic N) is 3. The Hall–Kier alpha value is -3.21. The number of carbonyl (C=O) groups excluding carboxylic acids is 2. The molecule has 2 aromatic heterocycles. The fourth-order valence-electron chi connectivity index (χ4n) is 2.16. The van der Waals surface area contributed by atoms with Gasteiger partial charge in [-0.05, 0) is 29.6 Å². The van der Waals surface area contributed by atoms with E-state index in [1.54, 1.807) is 17.5 Å². The average Bonchev–Trinajstić information content (AvgIpc) is 3.28. The molecule has 0 radical (unpaired) electrons. The second-order valence-corrected chi connectivity index (χ2v) is 6.19. The molecule has 1 amide bonds. The lowest BCUT2D eigenvalue weighted by Crippen LogP contribution is -2.21. The molecule has 2 heterocycles. The number of aromatic nitrogens is 3. The fourth-order valence-corrected chi connectivity index (χ4v) is 2.86. The standard InChI is InChI=1S/C16H11F3N4O3S/c17-16(18,19)9-3-1-4-10(7-9)23-14(11-5-2-6-27-11)21-13(22-23)15(25)26-8-12(20)24/h1-7H,8H2,(H2,20,24). The molecule has 3 rings (SSSR count). The first-order chi connectivity index (χ1) is 12.8. The van der Waals surface area contributed by atoms with Gasteiger partial charge in [-0.1, -0.05) is 12.1 Å². The van der Waals surface area contributed by atoms with Gasteiger partial charge in [-0.15, -0.1) is 16.4 Å². The van der Waals surface area contributed by atoms with Crippen molar-refractivity contribution in [2.45, 2.75) is 6.18 Å². The minimum Gasteiger partial charge on any atom is -0.450 e. The summed E-state index contributed by atoms with van der Waals surface area (Å²) in [4.78, 5) is 27.4. The first kappa shape index (κ1) is 18.6. The maximum Gasteiger partial charge on any atom is 0.416 e. The van der Waals surface area contributed by atoms with Crippen LogP contribution in [0.5, 0.6) is 0 Å². The summed E-state index contributed by atoms with van der Waals surface area (Å²) in [5.41, 5.74) is 4.11. The van der Waals surface area contributed by atoms with Gasteiger partial charge in [0.15, 0.2) is 12.4 Å². The van der Waals surface area contributed by atoms with E-state index in [4.69, 9.17) is 5.73 Å². The normalized spacial score (nSPS) is 11.4. The van der Waals surface area contributed by atoms with E-state index in [-0.39, 0.29) is 11.5 Å². The highest BCUT2D eigenvalue weighted by Crippen LogP contribution is 2.32. The number of hydrogen-bond donors (Lipinski definition) is 1. The zero-order chi connectivity index (χ0) is 19.6. The van der Waals surface area contributed by atoms with Crippen molar-refractivity contribution in [2.24, 2.45) is 5.73 Å². The van der Waals surface area contributed by atoms with Crippen LogP contribution in [0, 0.1) is 0 Å². The van der Waals surface area contributed by atoms with Gasteiger partial charge in [-0.2, -0.15) is 18.2 Å². The van der Waals surface area contributed by atoms with Gasteiger partial charge in [0.1, 0.15) is 0 Å². The summed E-state index contributed by atoms with van der Waals surface area (Å²) < 4.78 is 44.8. The van der Waals surface area contributed by atoms with Crippen molar-refractivity contribution in [3.8, 4) is 16.4 Å². The monoisotopic (exact) mass is 396 g/mol. The van der Waals surface area contributed by atoms with Crippen molar-refractivity contribution >= 4 is 23.2 Å². The third kappa shape index (κ3) is 4.14. The Bertz CT molecular complexity index is 983. The highest BCUT2D eigenvalue weighted by Gasteiger charge is 2.31. The topological polar surface area (TPSA) is 100 Å². The van der Waals surface area contributed by atoms with Gasteiger partial charge in [0.25, 0.3) is 11.7 Å². The van der Waals surface area contributed by atoms with Gasteiger partial charge >= 0.3 is 12.1 Å². The van der Waals surface area contributed by atoms with Crippen LogP contribution < -0.4 is 5.73 Å². The predicted molar refractivity (Wildman–Crippen MR) is 89.2 cm³/mol. The van der Waals surface area contributed by atoms with Crippen LogP contribution in [-0.2, 0) is 15.7 Å². The second kappa shape index (κ2) is 7.19. The van der Waals surface area contributed by atoms with E-state index < -0.39 is 36.0 Å². The van der Waals surface area contributed by atoms with Crippen molar-refractivity contribution in [1.29, 1.82) is 0 Å². The molecule has 0 aliphatic rings.